The molecule has 2 aromatic heterocycles. The predicted octanol–water partition coefficient (Wildman–Crippen LogP) is 3.31. The van der Waals surface area contributed by atoms with Crippen LogP contribution in [0, 0.1) is 16.7 Å². The number of amides is 1. The maximum atomic E-state index is 11.5. The van der Waals surface area contributed by atoms with Crippen LogP contribution in [0.2, 0.25) is 0 Å². The second-order valence-electron chi connectivity index (χ2n) is 8.58. The number of anilines is 1. The van der Waals surface area contributed by atoms with Crippen LogP contribution < -0.4 is 15.8 Å². The fourth-order valence-corrected chi connectivity index (χ4v) is 4.76. The van der Waals surface area contributed by atoms with E-state index in [0.717, 1.165) is 36.9 Å². The highest BCUT2D eigenvalue weighted by molar-refractivity contribution is 5.94. The van der Waals surface area contributed by atoms with Crippen molar-refractivity contribution < 1.29 is 9.53 Å². The maximum Gasteiger partial charge on any atom is 0.254 e. The Hall–Kier alpha value is -3.99. The van der Waals surface area contributed by atoms with Crippen LogP contribution in [0.25, 0.3) is 11.3 Å². The quantitative estimate of drug-likeness (QED) is 0.619. The summed E-state index contributed by atoms with van der Waals surface area (Å²) in [6.07, 6.45) is 7.29. The third-order valence-corrected chi connectivity index (χ3v) is 6.27. The molecule has 0 unspecified atom stereocenters. The van der Waals surface area contributed by atoms with Gasteiger partial charge < -0.3 is 15.8 Å². The fourth-order valence-electron chi connectivity index (χ4n) is 4.76. The van der Waals surface area contributed by atoms with Gasteiger partial charge in [0.05, 0.1) is 17.3 Å². The number of nitriles is 1. The Kier molecular flexibility index (Phi) is 4.94. The summed E-state index contributed by atoms with van der Waals surface area (Å²) >= 11 is 0. The number of ether oxygens (including phenoxy) is 1. The van der Waals surface area contributed by atoms with Crippen LogP contribution >= 0.6 is 0 Å². The molecule has 32 heavy (non-hydrogen) atoms. The van der Waals surface area contributed by atoms with Gasteiger partial charge in [0.2, 0.25) is 11.8 Å². The Balaban J connectivity index is 1.16. The first-order valence-corrected chi connectivity index (χ1v) is 10.6. The van der Waals surface area contributed by atoms with Crippen molar-refractivity contribution in [1.82, 2.24) is 15.0 Å². The zero-order valence-corrected chi connectivity index (χ0v) is 17.4. The normalized spacial score (nSPS) is 23.5. The minimum Gasteiger partial charge on any atom is -0.474 e. The Labute approximate surface area is 185 Å². The van der Waals surface area contributed by atoms with Crippen molar-refractivity contribution in [3.05, 3.63) is 66.0 Å². The molecule has 2 fully saturated rings. The summed E-state index contributed by atoms with van der Waals surface area (Å²) in [5.74, 6) is 0.382. The lowest BCUT2D eigenvalue weighted by Crippen LogP contribution is -2.56. The molecule has 1 amide bonds. The van der Waals surface area contributed by atoms with Gasteiger partial charge in [-0.25, -0.2) is 15.0 Å². The minimum absolute atomic E-state index is 0.0518. The largest absolute Gasteiger partial charge is 0.474 e. The van der Waals surface area contributed by atoms with Gasteiger partial charge in [0.25, 0.3) is 5.91 Å². The molecular weight excluding hydrogens is 404 g/mol. The van der Waals surface area contributed by atoms with E-state index in [1.165, 1.54) is 0 Å². The van der Waals surface area contributed by atoms with Crippen molar-refractivity contribution in [2.24, 2.45) is 11.1 Å². The van der Waals surface area contributed by atoms with Gasteiger partial charge in [0, 0.05) is 24.0 Å². The minimum atomic E-state index is -0.531. The van der Waals surface area contributed by atoms with Crippen molar-refractivity contribution in [2.75, 3.05) is 5.32 Å². The summed E-state index contributed by atoms with van der Waals surface area (Å²) in [4.78, 5) is 24.7. The molecule has 2 aliphatic carbocycles. The van der Waals surface area contributed by atoms with Gasteiger partial charge in [-0.2, -0.15) is 5.26 Å². The number of carbonyl (C=O) groups excluding carboxylic acids is 1. The zero-order valence-electron chi connectivity index (χ0n) is 17.4. The number of aromatic nitrogens is 3. The smallest absolute Gasteiger partial charge is 0.254 e. The van der Waals surface area contributed by atoms with E-state index >= 15 is 0 Å². The first-order chi connectivity index (χ1) is 15.5. The molecule has 160 valence electrons. The van der Waals surface area contributed by atoms with Gasteiger partial charge in [-0.05, 0) is 61.4 Å². The van der Waals surface area contributed by atoms with E-state index in [0.29, 0.717) is 29.0 Å². The van der Waals surface area contributed by atoms with Crippen molar-refractivity contribution in [1.29, 1.82) is 5.26 Å². The van der Waals surface area contributed by atoms with E-state index in [1.807, 2.05) is 24.3 Å². The van der Waals surface area contributed by atoms with Crippen LogP contribution in [0.1, 0.15) is 41.6 Å². The number of primary amides is 1. The summed E-state index contributed by atoms with van der Waals surface area (Å²) < 4.78 is 5.93. The molecule has 3 N–H and O–H groups in total. The van der Waals surface area contributed by atoms with Gasteiger partial charge >= 0.3 is 0 Å². The van der Waals surface area contributed by atoms with Crippen LogP contribution in [-0.4, -0.2) is 33.0 Å². The standard InChI is InChI=1S/C24H22N6O2/c25-14-15-3-1-4-16(9-15)20-6-8-28-23(30-20)29-17-10-24(11-17)12-18(13-24)32-22-19(21(26)31)5-2-7-27-22/h1-9,17-18H,10-13H2,(H2,26,31)(H,28,29,30). The number of hydrogen-bond donors (Lipinski definition) is 2. The first-order valence-electron chi connectivity index (χ1n) is 10.6. The molecular formula is C24H22N6O2. The molecule has 1 aromatic carbocycles. The van der Waals surface area contributed by atoms with E-state index in [1.54, 1.807) is 30.6 Å². The highest BCUT2D eigenvalue weighted by Crippen LogP contribution is 2.57. The Bertz CT molecular complexity index is 1210. The third kappa shape index (κ3) is 3.85. The molecule has 5 rings (SSSR count). The lowest BCUT2D eigenvalue weighted by Gasteiger charge is -2.57. The topological polar surface area (TPSA) is 127 Å². The Morgan fingerprint density at radius 2 is 1.97 bits per heavy atom. The number of nitrogens with zero attached hydrogens (tertiary/aromatic N) is 4. The first kappa shape index (κ1) is 19.9. The average molecular weight is 426 g/mol. The van der Waals surface area contributed by atoms with Crippen molar-refractivity contribution in [2.45, 2.75) is 37.8 Å². The van der Waals surface area contributed by atoms with Crippen LogP contribution in [0.15, 0.2) is 54.9 Å². The Morgan fingerprint density at radius 1 is 1.12 bits per heavy atom. The van der Waals surface area contributed by atoms with Gasteiger partial charge in [-0.15, -0.1) is 0 Å². The molecule has 0 bridgehead atoms. The van der Waals surface area contributed by atoms with Crippen molar-refractivity contribution in [3.63, 3.8) is 0 Å². The molecule has 2 aliphatic rings. The van der Waals surface area contributed by atoms with E-state index in [4.69, 9.17) is 15.7 Å². The van der Waals surface area contributed by atoms with Crippen LogP contribution in [0.4, 0.5) is 5.95 Å². The van der Waals surface area contributed by atoms with Gasteiger partial charge in [-0.3, -0.25) is 4.79 Å². The third-order valence-electron chi connectivity index (χ3n) is 6.27. The monoisotopic (exact) mass is 426 g/mol. The Morgan fingerprint density at radius 3 is 2.75 bits per heavy atom. The fraction of sp³-hybridized carbons (Fsp3) is 0.292. The molecule has 3 aromatic rings. The summed E-state index contributed by atoms with van der Waals surface area (Å²) in [6, 6.07) is 15.0. The highest BCUT2D eigenvalue weighted by Gasteiger charge is 2.54. The number of rotatable bonds is 6. The van der Waals surface area contributed by atoms with Gasteiger partial charge in [-0.1, -0.05) is 12.1 Å². The highest BCUT2D eigenvalue weighted by atomic mass is 16.5. The molecule has 0 radical (unpaired) electrons. The number of nitrogens with two attached hydrogens (primary N) is 1. The molecule has 0 saturated heterocycles. The van der Waals surface area contributed by atoms with Crippen LogP contribution in [0.3, 0.4) is 0 Å². The summed E-state index contributed by atoms with van der Waals surface area (Å²) in [5, 5.41) is 12.5. The summed E-state index contributed by atoms with van der Waals surface area (Å²) in [7, 11) is 0. The molecule has 2 heterocycles. The van der Waals surface area contributed by atoms with E-state index in [-0.39, 0.29) is 11.5 Å². The van der Waals surface area contributed by atoms with Crippen LogP contribution in [0.5, 0.6) is 5.88 Å². The number of benzene rings is 1. The van der Waals surface area contributed by atoms with Crippen molar-refractivity contribution >= 4 is 11.9 Å². The lowest BCUT2D eigenvalue weighted by molar-refractivity contribution is -0.0760. The van der Waals surface area contributed by atoms with E-state index in [9.17, 15) is 4.79 Å². The second kappa shape index (κ2) is 7.93. The van der Waals surface area contributed by atoms with E-state index < -0.39 is 5.91 Å². The predicted molar refractivity (Wildman–Crippen MR) is 118 cm³/mol. The molecule has 8 heteroatoms. The number of carbonyl (C=O) groups is 1. The van der Waals surface area contributed by atoms with E-state index in [2.05, 4.69) is 26.3 Å². The van der Waals surface area contributed by atoms with Crippen LogP contribution in [-0.2, 0) is 0 Å². The second-order valence-corrected chi connectivity index (χ2v) is 8.58. The van der Waals surface area contributed by atoms with Crippen molar-refractivity contribution in [3.8, 4) is 23.2 Å². The molecule has 0 aliphatic heterocycles. The number of hydrogen-bond acceptors (Lipinski definition) is 7. The molecule has 2 saturated carbocycles. The number of pyridine rings is 1. The lowest BCUT2D eigenvalue weighted by atomic mass is 9.53. The molecule has 8 nitrogen and oxygen atoms in total. The molecule has 1 spiro atoms. The zero-order chi connectivity index (χ0) is 22.1. The SMILES string of the molecule is N#Cc1cccc(-c2ccnc(NC3CC4(C3)CC(Oc3ncccc3C(N)=O)C4)n2)c1. The summed E-state index contributed by atoms with van der Waals surface area (Å²) in [5.41, 5.74) is 8.27. The number of nitrogens with one attached hydrogen (secondary N) is 1. The average Bonchev–Trinajstić information content (AvgIpc) is 2.76. The van der Waals surface area contributed by atoms with Gasteiger partial charge in [0.1, 0.15) is 11.7 Å². The summed E-state index contributed by atoms with van der Waals surface area (Å²) in [6.45, 7) is 0. The maximum absolute atomic E-state index is 11.5. The molecule has 0 atom stereocenters. The van der Waals surface area contributed by atoms with Gasteiger partial charge in [0.15, 0.2) is 0 Å².